The molecule has 1 aromatic rings. The van der Waals surface area contributed by atoms with Crippen molar-refractivity contribution in [1.82, 2.24) is 0 Å². The summed E-state index contributed by atoms with van der Waals surface area (Å²) in [6.45, 7) is 4.41. The summed E-state index contributed by atoms with van der Waals surface area (Å²) >= 11 is 1.68. The summed E-state index contributed by atoms with van der Waals surface area (Å²) in [5.41, 5.74) is 1.18. The Morgan fingerprint density at radius 3 is 2.95 bits per heavy atom. The molecule has 1 aromatic heterocycles. The highest BCUT2D eigenvalue weighted by Gasteiger charge is 2.58. The van der Waals surface area contributed by atoms with Gasteiger partial charge in [0, 0.05) is 12.8 Å². The zero-order valence-electron chi connectivity index (χ0n) is 11.9. The first kappa shape index (κ1) is 13.9. The van der Waals surface area contributed by atoms with Crippen molar-refractivity contribution in [2.75, 3.05) is 0 Å². The molecule has 0 N–H and O–H groups in total. The molecule has 5 heteroatoms. The number of ether oxygens (including phenoxy) is 4. The fourth-order valence-electron chi connectivity index (χ4n) is 3.45. The molecule has 2 aliphatic heterocycles. The highest BCUT2D eigenvalue weighted by Crippen LogP contribution is 2.46. The summed E-state index contributed by atoms with van der Waals surface area (Å²) in [6, 6.07) is 2.07. The van der Waals surface area contributed by atoms with Crippen LogP contribution in [0.25, 0.3) is 0 Å². The van der Waals surface area contributed by atoms with E-state index in [0.717, 1.165) is 25.7 Å². The number of hydrogen-bond acceptors (Lipinski definition) is 5. The Morgan fingerprint density at radius 2 is 2.24 bits per heavy atom. The van der Waals surface area contributed by atoms with Gasteiger partial charge in [-0.3, -0.25) is 0 Å². The Morgan fingerprint density at radius 1 is 1.38 bits per heavy atom. The predicted octanol–water partition coefficient (Wildman–Crippen LogP) is 3.23. The second-order valence-corrected chi connectivity index (χ2v) is 6.71. The zero-order chi connectivity index (χ0) is 14.3. The van der Waals surface area contributed by atoms with Gasteiger partial charge < -0.3 is 18.9 Å². The first-order valence-electron chi connectivity index (χ1n) is 7.56. The third kappa shape index (κ3) is 2.47. The maximum atomic E-state index is 6.23. The summed E-state index contributed by atoms with van der Waals surface area (Å²) in [7, 11) is 0. The molecule has 1 saturated carbocycles. The molecule has 0 unspecified atom stereocenters. The lowest BCUT2D eigenvalue weighted by atomic mass is 10.1. The molecule has 4 atom stereocenters. The Kier molecular flexibility index (Phi) is 3.63. The standard InChI is InChI=1S/C16H20O4S/c1-2-12-13(17-9-11-5-8-21-10-11)14-15(18-12)20-16(19-14)6-3-4-7-16/h2,5,8,10,12-15H,1,3-4,6-7,9H2/t12-,13+,14-,15-/m1/s1. The van der Waals surface area contributed by atoms with Gasteiger partial charge in [-0.1, -0.05) is 6.08 Å². The minimum Gasteiger partial charge on any atom is -0.368 e. The monoisotopic (exact) mass is 308 g/mol. The molecule has 2 saturated heterocycles. The van der Waals surface area contributed by atoms with E-state index in [1.165, 1.54) is 5.56 Å². The largest absolute Gasteiger partial charge is 0.368 e. The molecule has 1 aliphatic carbocycles. The van der Waals surface area contributed by atoms with Crippen molar-refractivity contribution in [3.8, 4) is 0 Å². The molecule has 1 spiro atoms. The minimum atomic E-state index is -0.425. The average Bonchev–Trinajstić information content (AvgIpc) is 3.23. The van der Waals surface area contributed by atoms with Crippen LogP contribution in [0.15, 0.2) is 29.5 Å². The summed E-state index contributed by atoms with van der Waals surface area (Å²) in [6.07, 6.45) is 5.23. The first-order chi connectivity index (χ1) is 10.3. The van der Waals surface area contributed by atoms with Gasteiger partial charge in [-0.2, -0.15) is 11.3 Å². The van der Waals surface area contributed by atoms with Crippen LogP contribution in [0.4, 0.5) is 0 Å². The van der Waals surface area contributed by atoms with Gasteiger partial charge in [-0.15, -0.1) is 6.58 Å². The number of thiophene rings is 1. The van der Waals surface area contributed by atoms with Crippen LogP contribution in [0.2, 0.25) is 0 Å². The van der Waals surface area contributed by atoms with Crippen molar-refractivity contribution in [2.45, 2.75) is 62.7 Å². The molecule has 114 valence electrons. The van der Waals surface area contributed by atoms with E-state index in [9.17, 15) is 0 Å². The maximum Gasteiger partial charge on any atom is 0.190 e. The molecular formula is C16H20O4S. The van der Waals surface area contributed by atoms with E-state index in [2.05, 4.69) is 23.4 Å². The summed E-state index contributed by atoms with van der Waals surface area (Å²) in [4.78, 5) is 0. The van der Waals surface area contributed by atoms with Crippen molar-refractivity contribution in [1.29, 1.82) is 0 Å². The topological polar surface area (TPSA) is 36.9 Å². The maximum absolute atomic E-state index is 6.23. The summed E-state index contributed by atoms with van der Waals surface area (Å²) in [5, 5.41) is 4.15. The van der Waals surface area contributed by atoms with Gasteiger partial charge in [0.15, 0.2) is 12.1 Å². The van der Waals surface area contributed by atoms with Crippen molar-refractivity contribution in [2.24, 2.45) is 0 Å². The van der Waals surface area contributed by atoms with Crippen molar-refractivity contribution < 1.29 is 18.9 Å². The zero-order valence-corrected chi connectivity index (χ0v) is 12.7. The molecule has 3 fully saturated rings. The van der Waals surface area contributed by atoms with Crippen molar-refractivity contribution in [3.05, 3.63) is 35.0 Å². The van der Waals surface area contributed by atoms with Crippen LogP contribution in [-0.4, -0.2) is 30.4 Å². The molecule has 0 bridgehead atoms. The van der Waals surface area contributed by atoms with Gasteiger partial charge in [0.25, 0.3) is 0 Å². The molecule has 3 aliphatic rings. The van der Waals surface area contributed by atoms with Crippen LogP contribution in [0.1, 0.15) is 31.2 Å². The van der Waals surface area contributed by atoms with Gasteiger partial charge in [0.1, 0.15) is 18.3 Å². The van der Waals surface area contributed by atoms with E-state index in [-0.39, 0.29) is 24.6 Å². The highest BCUT2D eigenvalue weighted by molar-refractivity contribution is 7.07. The molecule has 21 heavy (non-hydrogen) atoms. The Bertz CT molecular complexity index is 494. The molecule has 0 radical (unpaired) electrons. The fraction of sp³-hybridized carbons (Fsp3) is 0.625. The molecule has 0 amide bonds. The van der Waals surface area contributed by atoms with Gasteiger partial charge in [0.2, 0.25) is 0 Å². The molecule has 0 aromatic carbocycles. The first-order valence-corrected chi connectivity index (χ1v) is 8.50. The van der Waals surface area contributed by atoms with Crippen molar-refractivity contribution in [3.63, 3.8) is 0 Å². The van der Waals surface area contributed by atoms with E-state index in [4.69, 9.17) is 18.9 Å². The van der Waals surface area contributed by atoms with Gasteiger partial charge in [-0.05, 0) is 35.2 Å². The van der Waals surface area contributed by atoms with Gasteiger partial charge in [-0.25, -0.2) is 0 Å². The predicted molar refractivity (Wildman–Crippen MR) is 78.9 cm³/mol. The number of rotatable bonds is 4. The summed E-state index contributed by atoms with van der Waals surface area (Å²) in [5.74, 6) is -0.425. The van der Waals surface area contributed by atoms with E-state index in [1.54, 1.807) is 17.4 Å². The lowest BCUT2D eigenvalue weighted by molar-refractivity contribution is -0.228. The second kappa shape index (κ2) is 5.48. The molecule has 3 heterocycles. The normalized spacial score (nSPS) is 37.1. The van der Waals surface area contributed by atoms with Crippen LogP contribution in [0.3, 0.4) is 0 Å². The highest BCUT2D eigenvalue weighted by atomic mass is 32.1. The minimum absolute atomic E-state index is 0.146. The Balaban J connectivity index is 1.46. The second-order valence-electron chi connectivity index (χ2n) is 5.93. The van der Waals surface area contributed by atoms with Crippen LogP contribution in [0.5, 0.6) is 0 Å². The third-order valence-electron chi connectivity index (χ3n) is 4.51. The number of fused-ring (bicyclic) bond motifs is 1. The lowest BCUT2D eigenvalue weighted by Crippen LogP contribution is -2.37. The molecule has 4 rings (SSSR count). The SMILES string of the molecule is C=C[C@H]1O[C@@H]2OC3(CCCC3)O[C@@H]2[C@H]1OCc1ccsc1. The van der Waals surface area contributed by atoms with Gasteiger partial charge in [0.05, 0.1) is 6.61 Å². The fourth-order valence-corrected chi connectivity index (χ4v) is 4.11. The quantitative estimate of drug-likeness (QED) is 0.800. The molecule has 4 nitrogen and oxygen atoms in total. The smallest absolute Gasteiger partial charge is 0.190 e. The third-order valence-corrected chi connectivity index (χ3v) is 5.24. The van der Waals surface area contributed by atoms with Crippen LogP contribution < -0.4 is 0 Å². The lowest BCUT2D eigenvalue weighted by Gasteiger charge is -2.26. The Labute approximate surface area is 128 Å². The van der Waals surface area contributed by atoms with E-state index in [1.807, 2.05) is 0 Å². The number of hydrogen-bond donors (Lipinski definition) is 0. The van der Waals surface area contributed by atoms with Gasteiger partial charge >= 0.3 is 0 Å². The Hall–Kier alpha value is -0.720. The molecular weight excluding hydrogens is 288 g/mol. The summed E-state index contributed by atoms with van der Waals surface area (Å²) < 4.78 is 24.3. The average molecular weight is 308 g/mol. The van der Waals surface area contributed by atoms with Crippen molar-refractivity contribution >= 4 is 11.3 Å². The van der Waals surface area contributed by atoms with E-state index >= 15 is 0 Å². The van der Waals surface area contributed by atoms with Crippen LogP contribution in [0, 0.1) is 0 Å². The van der Waals surface area contributed by atoms with E-state index in [0.29, 0.717) is 6.61 Å². The van der Waals surface area contributed by atoms with Crippen LogP contribution >= 0.6 is 11.3 Å². The van der Waals surface area contributed by atoms with Crippen LogP contribution in [-0.2, 0) is 25.6 Å². The van der Waals surface area contributed by atoms with E-state index < -0.39 is 5.79 Å².